The van der Waals surface area contributed by atoms with Crippen LogP contribution in [0.4, 0.5) is 10.5 Å². The van der Waals surface area contributed by atoms with E-state index in [1.807, 2.05) is 54.6 Å². The molecule has 0 saturated heterocycles. The first-order valence-electron chi connectivity index (χ1n) is 14.8. The van der Waals surface area contributed by atoms with Crippen LogP contribution in [0.3, 0.4) is 0 Å². The van der Waals surface area contributed by atoms with Crippen molar-refractivity contribution in [3.63, 3.8) is 0 Å². The lowest BCUT2D eigenvalue weighted by molar-refractivity contribution is -0.386. The van der Waals surface area contributed by atoms with Crippen molar-refractivity contribution < 1.29 is 42.1 Å². The zero-order valence-electron chi connectivity index (χ0n) is 26.4. The normalized spacial score (nSPS) is 14.9. The van der Waals surface area contributed by atoms with Crippen LogP contribution in [0.5, 0.6) is 0 Å². The van der Waals surface area contributed by atoms with Crippen molar-refractivity contribution in [1.82, 2.24) is 5.32 Å². The molecule has 0 bridgehead atoms. The summed E-state index contributed by atoms with van der Waals surface area (Å²) in [6, 6.07) is 21.6. The van der Waals surface area contributed by atoms with Crippen LogP contribution in [0, 0.1) is 21.4 Å². The van der Waals surface area contributed by atoms with Crippen molar-refractivity contribution in [1.29, 1.82) is 5.26 Å². The number of benzene rings is 3. The number of phosphoric ester groups is 1. The Morgan fingerprint density at radius 3 is 2.19 bits per heavy atom. The van der Waals surface area contributed by atoms with E-state index in [4.69, 9.17) is 28.3 Å². The predicted octanol–water partition coefficient (Wildman–Crippen LogP) is 6.98. The van der Waals surface area contributed by atoms with Gasteiger partial charge in [-0.3, -0.25) is 23.7 Å². The Labute approximate surface area is 272 Å². The lowest BCUT2D eigenvalue weighted by Gasteiger charge is -2.26. The van der Waals surface area contributed by atoms with Gasteiger partial charge in [0.05, 0.1) is 42.3 Å². The smallest absolute Gasteiger partial charge is 0.458 e. The molecule has 0 heterocycles. The molecule has 248 valence electrons. The lowest BCUT2D eigenvalue weighted by atomic mass is 9.98. The molecule has 0 aromatic heterocycles. The number of phosphoric acid groups is 1. The zero-order chi connectivity index (χ0) is 34.2. The maximum absolute atomic E-state index is 13.7. The summed E-state index contributed by atoms with van der Waals surface area (Å²) >= 11 is 0. The highest BCUT2D eigenvalue weighted by Crippen LogP contribution is 2.54. The molecule has 1 N–H and O–H groups in total. The first-order valence-corrected chi connectivity index (χ1v) is 16.3. The topological polar surface area (TPSA) is 176 Å². The number of hydrogen-bond donors (Lipinski definition) is 1. The molecule has 3 atom stereocenters. The van der Waals surface area contributed by atoms with Gasteiger partial charge in [-0.05, 0) is 56.0 Å². The Morgan fingerprint density at radius 2 is 1.60 bits per heavy atom. The monoisotopic (exact) mass is 665 g/mol. The van der Waals surface area contributed by atoms with E-state index in [2.05, 4.69) is 5.32 Å². The van der Waals surface area contributed by atoms with E-state index < -0.39 is 49.2 Å². The minimum atomic E-state index is -4.59. The third kappa shape index (κ3) is 9.24. The largest absolute Gasteiger partial charge is 0.475 e. The second-order valence-corrected chi connectivity index (χ2v) is 13.2. The second-order valence-electron chi connectivity index (χ2n) is 11.6. The molecule has 4 rings (SSSR count). The Kier molecular flexibility index (Phi) is 11.5. The Hall–Kier alpha value is -4.60. The van der Waals surface area contributed by atoms with Crippen LogP contribution in [0.2, 0.25) is 0 Å². The van der Waals surface area contributed by atoms with Gasteiger partial charge in [0.15, 0.2) is 6.04 Å². The summed E-state index contributed by atoms with van der Waals surface area (Å²) in [7, 11) is -4.59. The number of para-hydroxylation sites is 1. The highest BCUT2D eigenvalue weighted by molar-refractivity contribution is 7.48. The van der Waals surface area contributed by atoms with Gasteiger partial charge in [-0.1, -0.05) is 60.7 Å². The van der Waals surface area contributed by atoms with Crippen molar-refractivity contribution in [3.8, 4) is 17.2 Å². The summed E-state index contributed by atoms with van der Waals surface area (Å²) in [5.41, 5.74) is 2.92. The van der Waals surface area contributed by atoms with Crippen molar-refractivity contribution in [3.05, 3.63) is 99.6 Å². The number of nitrogens with one attached hydrogen (secondary N) is 1. The molecule has 0 spiro atoms. The van der Waals surface area contributed by atoms with E-state index in [9.17, 15) is 24.3 Å². The summed E-state index contributed by atoms with van der Waals surface area (Å²) in [6.07, 6.45) is -2.30. The second kappa shape index (κ2) is 15.3. The summed E-state index contributed by atoms with van der Waals surface area (Å²) in [5, 5.41) is 22.9. The minimum Gasteiger partial charge on any atom is -0.458 e. The van der Waals surface area contributed by atoms with E-state index in [-0.39, 0.29) is 36.8 Å². The van der Waals surface area contributed by atoms with Gasteiger partial charge in [-0.2, -0.15) is 5.26 Å². The first kappa shape index (κ1) is 35.3. The molecule has 0 radical (unpaired) electrons. The lowest BCUT2D eigenvalue weighted by Crippen LogP contribution is -2.47. The van der Waals surface area contributed by atoms with Gasteiger partial charge in [0.25, 0.3) is 5.69 Å². The number of carbonyl (C=O) groups is 2. The standard InChI is InChI=1S/C33H36N3O10P/c1-22(23-12-9-10-17-30(23)36(39)40)46-47(41,43-19-11-18-34)44-21-29(31(37)45-33(2,3)4)35-32(38)42-20-28-26-15-7-5-13-24(26)25-14-6-8-16-27(25)28/h5-10,12-17,22,28-29H,11,19-21H2,1-4H3,(H,35,38)/t22?,29-,47?/m0/s1. The van der Waals surface area contributed by atoms with Gasteiger partial charge in [-0.25, -0.2) is 14.2 Å². The van der Waals surface area contributed by atoms with E-state index in [0.717, 1.165) is 22.3 Å². The highest BCUT2D eigenvalue weighted by Gasteiger charge is 2.37. The molecule has 1 aliphatic carbocycles. The summed E-state index contributed by atoms with van der Waals surface area (Å²) in [5.74, 6) is -1.16. The quantitative estimate of drug-likeness (QED) is 0.0618. The maximum atomic E-state index is 13.7. The molecular weight excluding hydrogens is 629 g/mol. The summed E-state index contributed by atoms with van der Waals surface area (Å²) in [6.45, 7) is 5.15. The third-order valence-corrected chi connectivity index (χ3v) is 8.59. The van der Waals surface area contributed by atoms with Crippen LogP contribution in [0.25, 0.3) is 11.1 Å². The number of nitro benzene ring substituents is 1. The van der Waals surface area contributed by atoms with E-state index in [1.54, 1.807) is 26.8 Å². The molecular formula is C33H36N3O10P. The number of fused-ring (bicyclic) bond motifs is 3. The number of carbonyl (C=O) groups excluding carboxylic acids is 2. The van der Waals surface area contributed by atoms with E-state index in [0.29, 0.717) is 0 Å². The van der Waals surface area contributed by atoms with E-state index in [1.165, 1.54) is 25.1 Å². The van der Waals surface area contributed by atoms with Crippen LogP contribution >= 0.6 is 7.82 Å². The van der Waals surface area contributed by atoms with Crippen molar-refractivity contribution >= 4 is 25.6 Å². The van der Waals surface area contributed by atoms with Gasteiger partial charge in [-0.15, -0.1) is 0 Å². The number of alkyl carbamates (subject to hydrolysis) is 1. The molecule has 3 aromatic rings. The Bertz CT molecular complexity index is 1650. The van der Waals surface area contributed by atoms with Crippen LogP contribution in [0.1, 0.15) is 62.8 Å². The molecule has 0 fully saturated rings. The number of ether oxygens (including phenoxy) is 2. The average molecular weight is 666 g/mol. The molecule has 13 nitrogen and oxygen atoms in total. The first-order chi connectivity index (χ1) is 22.3. The zero-order valence-corrected chi connectivity index (χ0v) is 27.3. The molecule has 3 aromatic carbocycles. The molecule has 0 aliphatic heterocycles. The number of hydrogen-bond acceptors (Lipinski definition) is 11. The highest BCUT2D eigenvalue weighted by atomic mass is 31.2. The fourth-order valence-electron chi connectivity index (χ4n) is 5.04. The number of nitrogens with zero attached hydrogens (tertiary/aromatic N) is 2. The van der Waals surface area contributed by atoms with E-state index >= 15 is 0 Å². The number of nitriles is 1. The third-order valence-electron chi connectivity index (χ3n) is 7.05. The number of nitro groups is 1. The summed E-state index contributed by atoms with van der Waals surface area (Å²) < 4.78 is 41.1. The molecule has 47 heavy (non-hydrogen) atoms. The van der Waals surface area contributed by atoms with Gasteiger partial charge in [0, 0.05) is 12.0 Å². The van der Waals surface area contributed by atoms with Gasteiger partial charge >= 0.3 is 19.9 Å². The number of amides is 1. The Morgan fingerprint density at radius 1 is 1.00 bits per heavy atom. The van der Waals surface area contributed by atoms with Gasteiger partial charge in [0.1, 0.15) is 12.2 Å². The minimum absolute atomic E-state index is 0.0337. The SMILES string of the molecule is CC(OP(=O)(OCCC#N)OC[C@H](NC(=O)OCC1c2ccccc2-c2ccccc21)C(=O)OC(C)(C)C)c1ccccc1[N+](=O)[O-]. The number of esters is 1. The van der Waals surface area contributed by atoms with Crippen molar-refractivity contribution in [2.45, 2.75) is 57.8 Å². The van der Waals surface area contributed by atoms with Crippen LogP contribution < -0.4 is 5.32 Å². The average Bonchev–Trinajstić information content (AvgIpc) is 3.34. The predicted molar refractivity (Wildman–Crippen MR) is 170 cm³/mol. The molecule has 0 saturated carbocycles. The Balaban J connectivity index is 1.49. The maximum Gasteiger partial charge on any atom is 0.475 e. The van der Waals surface area contributed by atoms with Crippen molar-refractivity contribution in [2.75, 3.05) is 19.8 Å². The summed E-state index contributed by atoms with van der Waals surface area (Å²) in [4.78, 5) is 37.2. The van der Waals surface area contributed by atoms with Crippen LogP contribution in [-0.2, 0) is 32.4 Å². The van der Waals surface area contributed by atoms with Crippen LogP contribution in [-0.4, -0.2) is 48.4 Å². The van der Waals surface area contributed by atoms with Crippen molar-refractivity contribution in [2.24, 2.45) is 0 Å². The molecule has 2 unspecified atom stereocenters. The van der Waals surface area contributed by atoms with Crippen LogP contribution in [0.15, 0.2) is 72.8 Å². The molecule has 1 aliphatic rings. The fraction of sp³-hybridized carbons (Fsp3) is 0.364. The van der Waals surface area contributed by atoms with Gasteiger partial charge < -0.3 is 14.8 Å². The molecule has 14 heteroatoms. The fourth-order valence-corrected chi connectivity index (χ4v) is 6.38. The number of rotatable bonds is 14. The molecule has 1 amide bonds. The van der Waals surface area contributed by atoms with Gasteiger partial charge in [0.2, 0.25) is 0 Å².